The Morgan fingerprint density at radius 1 is 1.14 bits per heavy atom. The number of alkyl halides is 1. The van der Waals surface area contributed by atoms with E-state index >= 15 is 0 Å². The molecule has 2 rings (SSSR count). The summed E-state index contributed by atoms with van der Waals surface area (Å²) < 4.78 is 5.95. The van der Waals surface area contributed by atoms with Crippen molar-refractivity contribution in [3.8, 4) is 11.6 Å². The molecule has 0 aliphatic rings. The molecule has 0 amide bonds. The van der Waals surface area contributed by atoms with Gasteiger partial charge in [0.25, 0.3) is 0 Å². The van der Waals surface area contributed by atoms with Crippen molar-refractivity contribution in [3.63, 3.8) is 0 Å². The molecule has 0 radical (unpaired) electrons. The predicted octanol–water partition coefficient (Wildman–Crippen LogP) is 4.83. The lowest BCUT2D eigenvalue weighted by atomic mass is 10.2. The van der Waals surface area contributed by atoms with Gasteiger partial charge in [0.2, 0.25) is 5.88 Å². The monoisotopic (exact) mass is 304 g/mol. The number of nitrogens with zero attached hydrogens (tertiary/aromatic N) is 2. The van der Waals surface area contributed by atoms with Gasteiger partial charge in [-0.05, 0) is 43.5 Å². The number of hydrogen-bond donors (Lipinski definition) is 0. The first-order chi connectivity index (χ1) is 10.2. The number of aromatic nitrogens is 2. The van der Waals surface area contributed by atoms with Crippen LogP contribution >= 0.6 is 11.6 Å². The van der Waals surface area contributed by atoms with Crippen molar-refractivity contribution in [3.05, 3.63) is 46.9 Å². The maximum absolute atomic E-state index is 5.96. The fourth-order valence-corrected chi connectivity index (χ4v) is 2.34. The summed E-state index contributed by atoms with van der Waals surface area (Å²) in [6.45, 7) is 6.18. The number of ether oxygens (including phenoxy) is 1. The second-order valence-electron chi connectivity index (χ2n) is 5.04. The highest BCUT2D eigenvalue weighted by Gasteiger charge is 2.08. The van der Waals surface area contributed by atoms with Crippen molar-refractivity contribution in [2.24, 2.45) is 0 Å². The van der Waals surface area contributed by atoms with E-state index in [9.17, 15) is 0 Å². The molecule has 0 N–H and O–H groups in total. The maximum Gasteiger partial charge on any atom is 0.219 e. The predicted molar refractivity (Wildman–Crippen MR) is 86.2 cm³/mol. The van der Waals surface area contributed by atoms with Crippen LogP contribution in [0.1, 0.15) is 42.9 Å². The Labute approximate surface area is 131 Å². The molecular weight excluding hydrogens is 284 g/mol. The second-order valence-corrected chi connectivity index (χ2v) is 5.31. The summed E-state index contributed by atoms with van der Waals surface area (Å²) >= 11 is 5.96. The van der Waals surface area contributed by atoms with Crippen LogP contribution in [-0.2, 0) is 18.7 Å². The molecule has 0 aliphatic carbocycles. The lowest BCUT2D eigenvalue weighted by Crippen LogP contribution is -1.99. The molecule has 0 spiro atoms. The topological polar surface area (TPSA) is 35.0 Å². The Hall–Kier alpha value is -1.61. The van der Waals surface area contributed by atoms with E-state index < -0.39 is 0 Å². The maximum atomic E-state index is 5.96. The van der Waals surface area contributed by atoms with E-state index in [2.05, 4.69) is 23.8 Å². The zero-order valence-corrected chi connectivity index (χ0v) is 13.6. The molecule has 0 atom stereocenters. The smallest absolute Gasteiger partial charge is 0.219 e. The standard InChI is InChI=1S/C17H21ClN2O/c1-4-6-14-9-13(11-18)10-17(20-14)21-16-8-7-12(3)19-15(16)5-2/h7-10H,4-6,11H2,1-3H3. The highest BCUT2D eigenvalue weighted by molar-refractivity contribution is 6.17. The Balaban J connectivity index is 2.32. The third kappa shape index (κ3) is 4.18. The Morgan fingerprint density at radius 3 is 2.62 bits per heavy atom. The van der Waals surface area contributed by atoms with Crippen molar-refractivity contribution in [1.82, 2.24) is 9.97 Å². The summed E-state index contributed by atoms with van der Waals surface area (Å²) in [7, 11) is 0. The van der Waals surface area contributed by atoms with Crippen LogP contribution in [0.25, 0.3) is 0 Å². The van der Waals surface area contributed by atoms with Crippen molar-refractivity contribution in [1.29, 1.82) is 0 Å². The largest absolute Gasteiger partial charge is 0.437 e. The van der Waals surface area contributed by atoms with Crippen LogP contribution in [-0.4, -0.2) is 9.97 Å². The van der Waals surface area contributed by atoms with Crippen LogP contribution in [0, 0.1) is 6.92 Å². The lowest BCUT2D eigenvalue weighted by molar-refractivity contribution is 0.451. The summed E-state index contributed by atoms with van der Waals surface area (Å²) in [5.74, 6) is 1.82. The van der Waals surface area contributed by atoms with Crippen LogP contribution in [0.3, 0.4) is 0 Å². The molecule has 0 aromatic carbocycles. The van der Waals surface area contributed by atoms with E-state index in [-0.39, 0.29) is 0 Å². The molecule has 0 bridgehead atoms. The molecular formula is C17H21ClN2O. The van der Waals surface area contributed by atoms with Gasteiger partial charge in [-0.2, -0.15) is 0 Å². The Bertz CT molecular complexity index is 614. The number of rotatable bonds is 6. The summed E-state index contributed by atoms with van der Waals surface area (Å²) in [6.07, 6.45) is 2.80. The summed E-state index contributed by atoms with van der Waals surface area (Å²) in [6, 6.07) is 7.84. The quantitative estimate of drug-likeness (QED) is 0.717. The molecule has 2 aromatic rings. The zero-order chi connectivity index (χ0) is 15.2. The van der Waals surface area contributed by atoms with Gasteiger partial charge in [0.1, 0.15) is 0 Å². The van der Waals surface area contributed by atoms with Crippen LogP contribution in [0.15, 0.2) is 24.3 Å². The Kier molecular flexibility index (Phi) is 5.57. The van der Waals surface area contributed by atoms with Gasteiger partial charge in [-0.3, -0.25) is 4.98 Å². The van der Waals surface area contributed by atoms with Crippen molar-refractivity contribution in [2.75, 3.05) is 0 Å². The van der Waals surface area contributed by atoms with Crippen LogP contribution in [0.5, 0.6) is 11.6 Å². The van der Waals surface area contributed by atoms with Gasteiger partial charge >= 0.3 is 0 Å². The third-order valence-corrected chi connectivity index (χ3v) is 3.50. The van der Waals surface area contributed by atoms with E-state index in [4.69, 9.17) is 16.3 Å². The van der Waals surface area contributed by atoms with Gasteiger partial charge in [-0.15, -0.1) is 11.6 Å². The first-order valence-electron chi connectivity index (χ1n) is 7.36. The molecule has 2 aromatic heterocycles. The highest BCUT2D eigenvalue weighted by Crippen LogP contribution is 2.25. The van der Waals surface area contributed by atoms with E-state index in [1.165, 1.54) is 0 Å². The van der Waals surface area contributed by atoms with E-state index in [0.29, 0.717) is 11.8 Å². The first kappa shape index (κ1) is 15.8. The molecule has 21 heavy (non-hydrogen) atoms. The minimum atomic E-state index is 0.461. The number of halogens is 1. The average Bonchev–Trinajstić information content (AvgIpc) is 2.49. The van der Waals surface area contributed by atoms with Crippen LogP contribution in [0.2, 0.25) is 0 Å². The van der Waals surface area contributed by atoms with Gasteiger partial charge in [-0.1, -0.05) is 20.3 Å². The van der Waals surface area contributed by atoms with E-state index in [1.807, 2.05) is 31.2 Å². The minimum Gasteiger partial charge on any atom is -0.437 e. The van der Waals surface area contributed by atoms with Crippen molar-refractivity contribution in [2.45, 2.75) is 45.9 Å². The Morgan fingerprint density at radius 2 is 1.95 bits per heavy atom. The summed E-state index contributed by atoms with van der Waals surface area (Å²) in [5, 5.41) is 0. The fourth-order valence-electron chi connectivity index (χ4n) is 2.19. The number of aryl methyl sites for hydroxylation is 3. The van der Waals surface area contributed by atoms with Crippen molar-refractivity contribution < 1.29 is 4.74 Å². The van der Waals surface area contributed by atoms with Crippen LogP contribution < -0.4 is 4.74 Å². The normalized spacial score (nSPS) is 10.7. The molecule has 4 heteroatoms. The van der Waals surface area contributed by atoms with Gasteiger partial charge in [0, 0.05) is 23.3 Å². The second kappa shape index (κ2) is 7.41. The number of hydrogen-bond acceptors (Lipinski definition) is 3. The lowest BCUT2D eigenvalue weighted by Gasteiger charge is -2.11. The van der Waals surface area contributed by atoms with Gasteiger partial charge in [-0.25, -0.2) is 4.98 Å². The van der Waals surface area contributed by atoms with Gasteiger partial charge in [0.05, 0.1) is 5.69 Å². The van der Waals surface area contributed by atoms with Gasteiger partial charge in [0.15, 0.2) is 5.75 Å². The van der Waals surface area contributed by atoms with E-state index in [1.54, 1.807) is 0 Å². The molecule has 112 valence electrons. The number of pyridine rings is 2. The molecule has 0 saturated carbocycles. The molecule has 2 heterocycles. The average molecular weight is 305 g/mol. The van der Waals surface area contributed by atoms with E-state index in [0.717, 1.165) is 47.7 Å². The van der Waals surface area contributed by atoms with Gasteiger partial charge < -0.3 is 4.74 Å². The molecule has 0 saturated heterocycles. The molecule has 0 aliphatic heterocycles. The highest BCUT2D eigenvalue weighted by atomic mass is 35.5. The zero-order valence-electron chi connectivity index (χ0n) is 12.8. The van der Waals surface area contributed by atoms with Crippen molar-refractivity contribution >= 4 is 11.6 Å². The summed E-state index contributed by atoms with van der Waals surface area (Å²) in [4.78, 5) is 9.07. The summed E-state index contributed by atoms with van der Waals surface area (Å²) in [5.41, 5.74) is 3.99. The minimum absolute atomic E-state index is 0.461. The van der Waals surface area contributed by atoms with Crippen LogP contribution in [0.4, 0.5) is 0 Å². The molecule has 0 fully saturated rings. The SMILES string of the molecule is CCCc1cc(CCl)cc(Oc2ccc(C)nc2CC)n1. The fraction of sp³-hybridized carbons (Fsp3) is 0.412. The first-order valence-corrected chi connectivity index (χ1v) is 7.89. The third-order valence-electron chi connectivity index (χ3n) is 3.20. The molecule has 3 nitrogen and oxygen atoms in total. The molecule has 0 unspecified atom stereocenters.